The van der Waals surface area contributed by atoms with Crippen LogP contribution in [0, 0.1) is 10.1 Å². The van der Waals surface area contributed by atoms with Gasteiger partial charge in [0, 0.05) is 11.8 Å². The normalized spacial score (nSPS) is 13.4. The average molecular weight is 364 g/mol. The summed E-state index contributed by atoms with van der Waals surface area (Å²) in [4.78, 5) is 9.93. The molecule has 11 heteroatoms. The molecule has 1 heterocycles. The number of hydrogen-bond donors (Lipinski definition) is 2. The molecule has 130 valence electrons. The van der Waals surface area contributed by atoms with E-state index < -0.39 is 22.1 Å². The Balaban J connectivity index is 1.95. The van der Waals surface area contributed by atoms with E-state index in [9.17, 15) is 23.6 Å². The van der Waals surface area contributed by atoms with Gasteiger partial charge in [-0.05, 0) is 29.2 Å². The van der Waals surface area contributed by atoms with Crippen molar-refractivity contribution < 1.29 is 27.8 Å². The number of anilines is 1. The molecular formula is C14H13BN2O7S. The molecule has 0 amide bonds. The van der Waals surface area contributed by atoms with Crippen LogP contribution in [0.4, 0.5) is 11.4 Å². The maximum Gasteiger partial charge on any atom is 0.491 e. The summed E-state index contributed by atoms with van der Waals surface area (Å²) in [6.45, 7) is 0.250. The van der Waals surface area contributed by atoms with Gasteiger partial charge in [0.1, 0.15) is 10.6 Å². The highest BCUT2D eigenvalue weighted by atomic mass is 32.2. The third-order valence-corrected chi connectivity index (χ3v) is 5.13. The van der Waals surface area contributed by atoms with Gasteiger partial charge in [-0.25, -0.2) is 8.42 Å². The molecule has 1 aliphatic heterocycles. The number of ether oxygens (including phenoxy) is 1. The van der Waals surface area contributed by atoms with Crippen LogP contribution in [-0.4, -0.2) is 32.6 Å². The van der Waals surface area contributed by atoms with E-state index >= 15 is 0 Å². The molecule has 2 aromatic carbocycles. The minimum absolute atomic E-state index is 0.147. The SMILES string of the molecule is COc1cc([N+](=O)[O-])ccc1S(=O)(=O)Nc1ccc2c(c1)B(O)OC2. The van der Waals surface area contributed by atoms with Crippen LogP contribution in [0.15, 0.2) is 41.3 Å². The molecule has 0 unspecified atom stereocenters. The summed E-state index contributed by atoms with van der Waals surface area (Å²) < 4.78 is 37.6. The number of nitro benzene ring substituents is 1. The first-order valence-electron chi connectivity index (χ1n) is 7.09. The van der Waals surface area contributed by atoms with Gasteiger partial charge in [0.25, 0.3) is 15.7 Å². The van der Waals surface area contributed by atoms with Crippen LogP contribution in [0.25, 0.3) is 0 Å². The molecule has 9 nitrogen and oxygen atoms in total. The van der Waals surface area contributed by atoms with E-state index in [2.05, 4.69) is 4.72 Å². The van der Waals surface area contributed by atoms with Crippen molar-refractivity contribution in [1.29, 1.82) is 0 Å². The predicted octanol–water partition coefficient (Wildman–Crippen LogP) is 0.622. The van der Waals surface area contributed by atoms with Gasteiger partial charge in [0.2, 0.25) is 0 Å². The highest BCUT2D eigenvalue weighted by Crippen LogP contribution is 2.29. The topological polar surface area (TPSA) is 128 Å². The number of sulfonamides is 1. The number of rotatable bonds is 5. The second kappa shape index (κ2) is 6.35. The average Bonchev–Trinajstić information content (AvgIpc) is 2.94. The first-order valence-corrected chi connectivity index (χ1v) is 8.58. The van der Waals surface area contributed by atoms with Crippen molar-refractivity contribution in [3.05, 3.63) is 52.1 Å². The molecule has 1 aliphatic rings. The number of nitrogens with one attached hydrogen (secondary N) is 1. The number of benzene rings is 2. The lowest BCUT2D eigenvalue weighted by Crippen LogP contribution is -2.28. The zero-order chi connectivity index (χ0) is 18.2. The van der Waals surface area contributed by atoms with Crippen LogP contribution in [0.3, 0.4) is 0 Å². The van der Waals surface area contributed by atoms with E-state index in [1.54, 1.807) is 6.07 Å². The molecule has 2 N–H and O–H groups in total. The summed E-state index contributed by atoms with van der Waals surface area (Å²) in [5.74, 6) is -0.147. The summed E-state index contributed by atoms with van der Waals surface area (Å²) in [5.41, 5.74) is 1.19. The van der Waals surface area contributed by atoms with Gasteiger partial charge in [0.15, 0.2) is 0 Å². The summed E-state index contributed by atoms with van der Waals surface area (Å²) in [6, 6.07) is 7.88. The predicted molar refractivity (Wildman–Crippen MR) is 89.3 cm³/mol. The number of non-ortho nitro benzene ring substituents is 1. The Morgan fingerprint density at radius 3 is 2.76 bits per heavy atom. The summed E-state index contributed by atoms with van der Waals surface area (Å²) in [7, 11) is -3.93. The van der Waals surface area contributed by atoms with Gasteiger partial charge >= 0.3 is 7.12 Å². The van der Waals surface area contributed by atoms with Crippen molar-refractivity contribution in [1.82, 2.24) is 0 Å². The molecule has 0 fully saturated rings. The minimum Gasteiger partial charge on any atom is -0.495 e. The summed E-state index contributed by atoms with van der Waals surface area (Å²) >= 11 is 0. The highest BCUT2D eigenvalue weighted by Gasteiger charge is 2.28. The lowest BCUT2D eigenvalue weighted by atomic mass is 9.79. The molecule has 0 bridgehead atoms. The fraction of sp³-hybridized carbons (Fsp3) is 0.143. The number of nitro groups is 1. The Morgan fingerprint density at radius 1 is 1.32 bits per heavy atom. The van der Waals surface area contributed by atoms with Gasteiger partial charge in [0.05, 0.1) is 24.7 Å². The van der Waals surface area contributed by atoms with Crippen molar-refractivity contribution in [2.24, 2.45) is 0 Å². The van der Waals surface area contributed by atoms with E-state index in [-0.39, 0.29) is 28.6 Å². The molecular weight excluding hydrogens is 351 g/mol. The van der Waals surface area contributed by atoms with Crippen LogP contribution in [0.1, 0.15) is 5.56 Å². The van der Waals surface area contributed by atoms with E-state index in [1.807, 2.05) is 0 Å². The second-order valence-corrected chi connectivity index (χ2v) is 6.93. The lowest BCUT2D eigenvalue weighted by molar-refractivity contribution is -0.385. The Bertz CT molecular complexity index is 948. The van der Waals surface area contributed by atoms with Gasteiger partial charge in [-0.2, -0.15) is 0 Å². The van der Waals surface area contributed by atoms with Crippen molar-refractivity contribution >= 4 is 34.0 Å². The van der Waals surface area contributed by atoms with Crippen molar-refractivity contribution in [2.45, 2.75) is 11.5 Å². The summed E-state index contributed by atoms with van der Waals surface area (Å²) in [5, 5.41) is 20.5. The van der Waals surface area contributed by atoms with Gasteiger partial charge in [-0.3, -0.25) is 14.8 Å². The fourth-order valence-electron chi connectivity index (χ4n) is 2.48. The Labute approximate surface area is 143 Å². The van der Waals surface area contributed by atoms with Crippen molar-refractivity contribution in [2.75, 3.05) is 11.8 Å². The van der Waals surface area contributed by atoms with E-state index in [0.717, 1.165) is 23.8 Å². The van der Waals surface area contributed by atoms with Gasteiger partial charge in [-0.15, -0.1) is 0 Å². The second-order valence-electron chi connectivity index (χ2n) is 5.27. The third kappa shape index (κ3) is 3.29. The largest absolute Gasteiger partial charge is 0.495 e. The Kier molecular flexibility index (Phi) is 4.37. The first kappa shape index (κ1) is 17.2. The fourth-order valence-corrected chi connectivity index (χ4v) is 3.68. The zero-order valence-electron chi connectivity index (χ0n) is 13.0. The minimum atomic E-state index is -4.05. The summed E-state index contributed by atoms with van der Waals surface area (Å²) in [6.07, 6.45) is 0. The Morgan fingerprint density at radius 2 is 2.08 bits per heavy atom. The smallest absolute Gasteiger partial charge is 0.491 e. The van der Waals surface area contributed by atoms with Crippen LogP contribution in [0.2, 0.25) is 0 Å². The molecule has 0 aromatic heterocycles. The van der Waals surface area contributed by atoms with Crippen molar-refractivity contribution in [3.8, 4) is 5.75 Å². The molecule has 0 saturated heterocycles. The number of nitrogens with zero attached hydrogens (tertiary/aromatic N) is 1. The van der Waals surface area contributed by atoms with Crippen LogP contribution >= 0.6 is 0 Å². The third-order valence-electron chi connectivity index (χ3n) is 3.71. The molecule has 0 atom stereocenters. The highest BCUT2D eigenvalue weighted by molar-refractivity contribution is 7.92. The standard InChI is InChI=1S/C14H13BN2O7S/c1-23-13-7-11(17(19)20)4-5-14(13)25(21,22)16-10-3-2-9-8-24-15(18)12(9)6-10/h2-7,16,18H,8H2,1H3. The molecule has 0 saturated carbocycles. The molecule has 25 heavy (non-hydrogen) atoms. The van der Waals surface area contributed by atoms with Crippen LogP contribution in [0.5, 0.6) is 5.75 Å². The van der Waals surface area contributed by atoms with Gasteiger partial charge < -0.3 is 14.4 Å². The van der Waals surface area contributed by atoms with Crippen molar-refractivity contribution in [3.63, 3.8) is 0 Å². The number of hydrogen-bond acceptors (Lipinski definition) is 7. The molecule has 3 rings (SSSR count). The molecule has 0 aliphatic carbocycles. The van der Waals surface area contributed by atoms with E-state index in [4.69, 9.17) is 9.39 Å². The van der Waals surface area contributed by atoms with Crippen LogP contribution < -0.4 is 14.9 Å². The monoisotopic (exact) mass is 364 g/mol. The zero-order valence-corrected chi connectivity index (χ0v) is 13.8. The maximum atomic E-state index is 12.6. The van der Waals surface area contributed by atoms with E-state index in [0.29, 0.717) is 5.46 Å². The number of methoxy groups -OCH3 is 1. The van der Waals surface area contributed by atoms with E-state index in [1.165, 1.54) is 19.2 Å². The van der Waals surface area contributed by atoms with Crippen LogP contribution in [-0.2, 0) is 21.3 Å². The lowest BCUT2D eigenvalue weighted by Gasteiger charge is -2.12. The number of fused-ring (bicyclic) bond motifs is 1. The van der Waals surface area contributed by atoms with Gasteiger partial charge in [-0.1, -0.05) is 6.07 Å². The first-order chi connectivity index (χ1) is 11.8. The Hall–Kier alpha value is -2.63. The quantitative estimate of drug-likeness (QED) is 0.452. The molecule has 2 aromatic rings. The molecule has 0 spiro atoms. The maximum absolute atomic E-state index is 12.6. The molecule has 0 radical (unpaired) electrons.